The minimum atomic E-state index is 0.735. The van der Waals surface area contributed by atoms with E-state index in [0.29, 0.717) is 0 Å². The molecule has 0 spiro atoms. The van der Waals surface area contributed by atoms with Crippen molar-refractivity contribution in [1.29, 1.82) is 0 Å². The molecule has 5 heteroatoms. The van der Waals surface area contributed by atoms with Crippen LogP contribution in [0, 0.1) is 0 Å². The fourth-order valence-corrected chi connectivity index (χ4v) is 2.70. The summed E-state index contributed by atoms with van der Waals surface area (Å²) in [5, 5.41) is 6.32. The van der Waals surface area contributed by atoms with Crippen molar-refractivity contribution in [1.82, 2.24) is 15.0 Å². The largest absolute Gasteiger partial charge is 0.370 e. The van der Waals surface area contributed by atoms with Crippen molar-refractivity contribution in [3.05, 3.63) is 58.7 Å². The maximum absolute atomic E-state index is 4.68. The molecule has 2 aromatic heterocycles. The van der Waals surface area contributed by atoms with Crippen LogP contribution in [0.1, 0.15) is 17.6 Å². The van der Waals surface area contributed by atoms with E-state index in [4.69, 9.17) is 0 Å². The average Bonchev–Trinajstić information content (AvgIpc) is 3.01. The molecule has 0 fully saturated rings. The van der Waals surface area contributed by atoms with Crippen molar-refractivity contribution in [2.75, 3.05) is 11.9 Å². The van der Waals surface area contributed by atoms with Gasteiger partial charge in [-0.25, -0.2) is 15.0 Å². The van der Waals surface area contributed by atoms with E-state index < -0.39 is 0 Å². The minimum Gasteiger partial charge on any atom is -0.370 e. The van der Waals surface area contributed by atoms with Gasteiger partial charge in [-0.1, -0.05) is 30.3 Å². The third-order valence-electron chi connectivity index (χ3n) is 2.98. The van der Waals surface area contributed by atoms with Crippen LogP contribution in [0.25, 0.3) is 11.4 Å². The smallest absolute Gasteiger partial charge is 0.161 e. The number of rotatable bonds is 5. The molecule has 0 atom stereocenters. The molecule has 1 aromatic carbocycles. The molecular weight excluding hydrogens is 280 g/mol. The zero-order chi connectivity index (χ0) is 14.5. The predicted octanol–water partition coefficient (Wildman–Crippen LogP) is 3.62. The first-order chi connectivity index (χ1) is 10.3. The van der Waals surface area contributed by atoms with E-state index in [0.717, 1.165) is 40.9 Å². The van der Waals surface area contributed by atoms with Gasteiger partial charge in [-0.15, -0.1) is 11.3 Å². The lowest BCUT2D eigenvalue weighted by molar-refractivity contribution is 1.01. The van der Waals surface area contributed by atoms with Crippen molar-refractivity contribution in [3.63, 3.8) is 0 Å². The fraction of sp³-hybridized carbons (Fsp3) is 0.188. The van der Waals surface area contributed by atoms with Crippen molar-refractivity contribution in [2.24, 2.45) is 0 Å². The van der Waals surface area contributed by atoms with Gasteiger partial charge in [0.1, 0.15) is 5.82 Å². The molecule has 3 aromatic rings. The summed E-state index contributed by atoms with van der Waals surface area (Å²) in [6, 6.07) is 12.0. The van der Waals surface area contributed by atoms with Crippen molar-refractivity contribution >= 4 is 17.2 Å². The topological polar surface area (TPSA) is 50.7 Å². The van der Waals surface area contributed by atoms with E-state index >= 15 is 0 Å². The van der Waals surface area contributed by atoms with Gasteiger partial charge in [0.05, 0.1) is 10.7 Å². The van der Waals surface area contributed by atoms with Gasteiger partial charge in [-0.2, -0.15) is 0 Å². The lowest BCUT2D eigenvalue weighted by Crippen LogP contribution is -2.04. The molecule has 0 saturated heterocycles. The Labute approximate surface area is 127 Å². The van der Waals surface area contributed by atoms with E-state index in [-0.39, 0.29) is 0 Å². The minimum absolute atomic E-state index is 0.735. The Hall–Kier alpha value is -2.27. The summed E-state index contributed by atoms with van der Waals surface area (Å²) in [5.41, 5.74) is 2.01. The Morgan fingerprint density at radius 2 is 2.00 bits per heavy atom. The highest BCUT2D eigenvalue weighted by atomic mass is 32.1. The SMILES string of the molecule is CCNc1cc(Cc2nccs2)nc(-c2ccccc2)n1. The molecule has 3 rings (SSSR count). The summed E-state index contributed by atoms with van der Waals surface area (Å²) in [5.74, 6) is 1.61. The van der Waals surface area contributed by atoms with Crippen molar-refractivity contribution in [3.8, 4) is 11.4 Å². The summed E-state index contributed by atoms with van der Waals surface area (Å²) < 4.78 is 0. The Bertz CT molecular complexity index is 696. The summed E-state index contributed by atoms with van der Waals surface area (Å²) in [6.45, 7) is 2.90. The first-order valence-corrected chi connectivity index (χ1v) is 7.78. The normalized spacial score (nSPS) is 10.5. The molecular formula is C16H16N4S. The van der Waals surface area contributed by atoms with E-state index in [2.05, 4.69) is 27.2 Å². The molecule has 0 radical (unpaired) electrons. The van der Waals surface area contributed by atoms with Crippen LogP contribution in [0.3, 0.4) is 0 Å². The number of nitrogens with zero attached hydrogens (tertiary/aromatic N) is 3. The predicted molar refractivity (Wildman–Crippen MR) is 86.6 cm³/mol. The molecule has 106 valence electrons. The number of anilines is 1. The fourth-order valence-electron chi connectivity index (χ4n) is 2.07. The second-order valence-corrected chi connectivity index (χ2v) is 5.55. The van der Waals surface area contributed by atoms with Gasteiger partial charge in [0, 0.05) is 36.2 Å². The van der Waals surface area contributed by atoms with Crippen LogP contribution >= 0.6 is 11.3 Å². The van der Waals surface area contributed by atoms with E-state index in [1.54, 1.807) is 11.3 Å². The van der Waals surface area contributed by atoms with Crippen LogP contribution in [0.4, 0.5) is 5.82 Å². The third kappa shape index (κ3) is 3.44. The lowest BCUT2D eigenvalue weighted by atomic mass is 10.2. The van der Waals surface area contributed by atoms with E-state index in [9.17, 15) is 0 Å². The van der Waals surface area contributed by atoms with Gasteiger partial charge in [0.25, 0.3) is 0 Å². The Balaban J connectivity index is 1.97. The summed E-state index contributed by atoms with van der Waals surface area (Å²) >= 11 is 1.65. The van der Waals surface area contributed by atoms with E-state index in [1.165, 1.54) is 0 Å². The first kappa shape index (κ1) is 13.7. The zero-order valence-electron chi connectivity index (χ0n) is 11.8. The van der Waals surface area contributed by atoms with Gasteiger partial charge in [-0.3, -0.25) is 0 Å². The second-order valence-electron chi connectivity index (χ2n) is 4.57. The van der Waals surface area contributed by atoms with Crippen LogP contribution in [0.15, 0.2) is 48.0 Å². The highest BCUT2D eigenvalue weighted by Gasteiger charge is 2.08. The van der Waals surface area contributed by atoms with Gasteiger partial charge < -0.3 is 5.32 Å². The molecule has 21 heavy (non-hydrogen) atoms. The lowest BCUT2D eigenvalue weighted by Gasteiger charge is -2.08. The van der Waals surface area contributed by atoms with Gasteiger partial charge in [0.2, 0.25) is 0 Å². The molecule has 0 aliphatic carbocycles. The quantitative estimate of drug-likeness (QED) is 0.781. The van der Waals surface area contributed by atoms with Gasteiger partial charge in [0.15, 0.2) is 5.82 Å². The number of nitrogens with one attached hydrogen (secondary N) is 1. The van der Waals surface area contributed by atoms with Crippen molar-refractivity contribution < 1.29 is 0 Å². The highest BCUT2D eigenvalue weighted by molar-refractivity contribution is 7.09. The molecule has 4 nitrogen and oxygen atoms in total. The van der Waals surface area contributed by atoms with Gasteiger partial charge in [-0.05, 0) is 6.92 Å². The monoisotopic (exact) mass is 296 g/mol. The third-order valence-corrected chi connectivity index (χ3v) is 3.76. The molecule has 2 heterocycles. The summed E-state index contributed by atoms with van der Waals surface area (Å²) in [4.78, 5) is 13.6. The first-order valence-electron chi connectivity index (χ1n) is 6.91. The molecule has 0 aliphatic heterocycles. The number of thiazole rings is 1. The molecule has 0 saturated carbocycles. The van der Waals surface area contributed by atoms with Crippen LogP contribution in [0.2, 0.25) is 0 Å². The average molecular weight is 296 g/mol. The second kappa shape index (κ2) is 6.45. The Morgan fingerprint density at radius 1 is 1.14 bits per heavy atom. The maximum Gasteiger partial charge on any atom is 0.161 e. The van der Waals surface area contributed by atoms with Crippen LogP contribution < -0.4 is 5.32 Å². The molecule has 0 amide bonds. The maximum atomic E-state index is 4.68. The molecule has 0 aliphatic rings. The standard InChI is InChI=1S/C16H16N4S/c1-2-17-14-10-13(11-15-18-8-9-21-15)19-16(20-14)12-6-4-3-5-7-12/h3-10H,2,11H2,1H3,(H,17,19,20). The molecule has 0 bridgehead atoms. The number of hydrogen-bond acceptors (Lipinski definition) is 5. The van der Waals surface area contributed by atoms with Crippen LogP contribution in [-0.4, -0.2) is 21.5 Å². The number of aromatic nitrogens is 3. The van der Waals surface area contributed by atoms with Gasteiger partial charge >= 0.3 is 0 Å². The van der Waals surface area contributed by atoms with Crippen LogP contribution in [0.5, 0.6) is 0 Å². The number of hydrogen-bond donors (Lipinski definition) is 1. The summed E-state index contributed by atoms with van der Waals surface area (Å²) in [6.07, 6.45) is 2.56. The Morgan fingerprint density at radius 3 is 2.71 bits per heavy atom. The highest BCUT2D eigenvalue weighted by Crippen LogP contribution is 2.19. The Kier molecular flexibility index (Phi) is 4.21. The van der Waals surface area contributed by atoms with E-state index in [1.807, 2.05) is 48.0 Å². The summed E-state index contributed by atoms with van der Waals surface area (Å²) in [7, 11) is 0. The molecule has 1 N–H and O–H groups in total. The van der Waals surface area contributed by atoms with Crippen molar-refractivity contribution in [2.45, 2.75) is 13.3 Å². The van der Waals surface area contributed by atoms with Crippen LogP contribution in [-0.2, 0) is 6.42 Å². The zero-order valence-corrected chi connectivity index (χ0v) is 12.6. The number of benzene rings is 1. The molecule has 0 unspecified atom stereocenters.